The number of carboxylic acids is 2. The number of carbonyl (C=O) groups excluding carboxylic acids is 1. The molecule has 0 aliphatic rings. The highest BCUT2D eigenvalue weighted by Crippen LogP contribution is 2.25. The maximum absolute atomic E-state index is 12.7. The fourth-order valence-corrected chi connectivity index (χ4v) is 4.57. The Balaban J connectivity index is 1.82. The van der Waals surface area contributed by atoms with Crippen LogP contribution < -0.4 is 10.0 Å². The van der Waals surface area contributed by atoms with Crippen LogP contribution in [0.2, 0.25) is 0 Å². The second kappa shape index (κ2) is 9.73. The van der Waals surface area contributed by atoms with E-state index in [0.29, 0.717) is 8.95 Å². The number of aromatic carboxylic acids is 2. The summed E-state index contributed by atoms with van der Waals surface area (Å²) < 4.78 is 28.6. The van der Waals surface area contributed by atoms with Gasteiger partial charge in [-0.15, -0.1) is 0 Å². The van der Waals surface area contributed by atoms with Gasteiger partial charge in [0, 0.05) is 14.5 Å². The second-order valence-electron chi connectivity index (χ2n) is 6.57. The standard InChI is InChI=1S/C21H14Br2N2O7S/c22-12-3-7-17(15(9-12)20(27)28)24-19(26)11-1-5-14(6-2-11)33(31,32)25-18-8-4-13(23)10-16(18)21(29)30/h1-10,25H,(H,24,26)(H,27,28)(H,29,30). The molecule has 0 aliphatic heterocycles. The number of hydrogen-bond donors (Lipinski definition) is 4. The number of sulfonamides is 1. The molecule has 0 bridgehead atoms. The smallest absolute Gasteiger partial charge is 0.337 e. The van der Waals surface area contributed by atoms with Gasteiger partial charge in [0.15, 0.2) is 0 Å². The quantitative estimate of drug-likeness (QED) is 0.309. The Hall–Kier alpha value is -3.22. The molecule has 0 saturated carbocycles. The van der Waals surface area contributed by atoms with Gasteiger partial charge in [0.05, 0.1) is 27.4 Å². The minimum atomic E-state index is -4.15. The van der Waals surface area contributed by atoms with Gasteiger partial charge >= 0.3 is 11.9 Å². The predicted octanol–water partition coefficient (Wildman–Crippen LogP) is 4.66. The van der Waals surface area contributed by atoms with Crippen molar-refractivity contribution in [3.8, 4) is 0 Å². The monoisotopic (exact) mass is 596 g/mol. The lowest BCUT2D eigenvalue weighted by Crippen LogP contribution is -2.17. The lowest BCUT2D eigenvalue weighted by Gasteiger charge is -2.12. The van der Waals surface area contributed by atoms with Crippen molar-refractivity contribution in [2.45, 2.75) is 4.90 Å². The van der Waals surface area contributed by atoms with Crippen molar-refractivity contribution in [1.29, 1.82) is 0 Å². The number of carbonyl (C=O) groups is 3. The normalized spacial score (nSPS) is 11.0. The highest BCUT2D eigenvalue weighted by atomic mass is 79.9. The van der Waals surface area contributed by atoms with Crippen molar-refractivity contribution in [2.24, 2.45) is 0 Å². The van der Waals surface area contributed by atoms with Crippen LogP contribution in [-0.2, 0) is 10.0 Å². The molecule has 0 unspecified atom stereocenters. The number of hydrogen-bond acceptors (Lipinski definition) is 5. The van der Waals surface area contributed by atoms with E-state index in [1.54, 1.807) is 6.07 Å². The number of benzene rings is 3. The van der Waals surface area contributed by atoms with E-state index in [4.69, 9.17) is 0 Å². The lowest BCUT2D eigenvalue weighted by atomic mass is 10.1. The van der Waals surface area contributed by atoms with Crippen LogP contribution in [0.1, 0.15) is 31.1 Å². The summed E-state index contributed by atoms with van der Waals surface area (Å²) in [6.07, 6.45) is 0. The second-order valence-corrected chi connectivity index (χ2v) is 10.1. The molecule has 0 heterocycles. The van der Waals surface area contributed by atoms with Crippen molar-refractivity contribution in [1.82, 2.24) is 0 Å². The Labute approximate surface area is 204 Å². The van der Waals surface area contributed by atoms with Crippen LogP contribution in [0.15, 0.2) is 74.5 Å². The van der Waals surface area contributed by atoms with Gasteiger partial charge in [-0.05, 0) is 60.7 Å². The molecule has 170 valence electrons. The number of carboxylic acid groups (broad SMARTS) is 2. The summed E-state index contributed by atoms with van der Waals surface area (Å²) in [6, 6.07) is 13.3. The van der Waals surface area contributed by atoms with Crippen molar-refractivity contribution >= 4 is 71.1 Å². The maximum Gasteiger partial charge on any atom is 0.337 e. The first-order valence-corrected chi connectivity index (χ1v) is 12.0. The molecule has 3 aromatic carbocycles. The van der Waals surface area contributed by atoms with Crippen molar-refractivity contribution < 1.29 is 33.0 Å². The number of amides is 1. The highest BCUT2D eigenvalue weighted by Gasteiger charge is 2.20. The first-order valence-electron chi connectivity index (χ1n) is 8.98. The highest BCUT2D eigenvalue weighted by molar-refractivity contribution is 9.10. The summed E-state index contributed by atoms with van der Waals surface area (Å²) >= 11 is 6.30. The van der Waals surface area contributed by atoms with Gasteiger partial charge in [-0.1, -0.05) is 31.9 Å². The van der Waals surface area contributed by atoms with Crippen molar-refractivity contribution in [2.75, 3.05) is 10.0 Å². The molecule has 0 atom stereocenters. The fourth-order valence-electron chi connectivity index (χ4n) is 2.77. The zero-order valence-corrected chi connectivity index (χ0v) is 20.4. The third-order valence-corrected chi connectivity index (χ3v) is 6.71. The molecular formula is C21H14Br2N2O7S. The van der Waals surface area contributed by atoms with Crippen LogP contribution in [0.5, 0.6) is 0 Å². The van der Waals surface area contributed by atoms with Crippen LogP contribution >= 0.6 is 31.9 Å². The Morgan fingerprint density at radius 2 is 1.21 bits per heavy atom. The summed E-state index contributed by atoms with van der Waals surface area (Å²) in [4.78, 5) is 35.1. The van der Waals surface area contributed by atoms with E-state index in [-0.39, 0.29) is 33.0 Å². The number of anilines is 2. The van der Waals surface area contributed by atoms with Gasteiger partial charge in [-0.3, -0.25) is 9.52 Å². The summed E-state index contributed by atoms with van der Waals surface area (Å²) in [5.41, 5.74) is -0.324. The molecule has 0 aliphatic carbocycles. The maximum atomic E-state index is 12.7. The summed E-state index contributed by atoms with van der Waals surface area (Å²) in [7, 11) is -4.15. The van der Waals surface area contributed by atoms with E-state index in [9.17, 15) is 33.0 Å². The van der Waals surface area contributed by atoms with E-state index in [1.807, 2.05) is 0 Å². The third kappa shape index (κ3) is 5.78. The Morgan fingerprint density at radius 1 is 0.727 bits per heavy atom. The van der Waals surface area contributed by atoms with Crippen LogP contribution in [0.25, 0.3) is 0 Å². The average molecular weight is 598 g/mol. The molecule has 3 aromatic rings. The first kappa shape index (κ1) is 24.4. The molecule has 0 radical (unpaired) electrons. The van der Waals surface area contributed by atoms with E-state index >= 15 is 0 Å². The van der Waals surface area contributed by atoms with Gasteiger partial charge in [-0.25, -0.2) is 18.0 Å². The number of rotatable bonds is 7. The summed E-state index contributed by atoms with van der Waals surface area (Å²) in [5.74, 6) is -3.18. The largest absolute Gasteiger partial charge is 0.478 e. The van der Waals surface area contributed by atoms with Crippen LogP contribution in [0.4, 0.5) is 11.4 Å². The molecule has 0 aromatic heterocycles. The summed E-state index contributed by atoms with van der Waals surface area (Å²) in [6.45, 7) is 0. The Kier molecular flexibility index (Phi) is 7.20. The fraction of sp³-hybridized carbons (Fsp3) is 0. The molecule has 9 nitrogen and oxygen atoms in total. The molecule has 4 N–H and O–H groups in total. The SMILES string of the molecule is O=C(Nc1ccc(Br)cc1C(=O)O)c1ccc(S(=O)(=O)Nc2ccc(Br)cc2C(=O)O)cc1. The zero-order valence-electron chi connectivity index (χ0n) is 16.4. The van der Waals surface area contributed by atoms with Crippen LogP contribution in [-0.4, -0.2) is 36.5 Å². The Bertz CT molecular complexity index is 1370. The number of nitrogens with one attached hydrogen (secondary N) is 2. The van der Waals surface area contributed by atoms with Gasteiger partial charge < -0.3 is 15.5 Å². The molecule has 12 heteroatoms. The average Bonchev–Trinajstić information content (AvgIpc) is 2.75. The van der Waals surface area contributed by atoms with Gasteiger partial charge in [0.2, 0.25) is 0 Å². The van der Waals surface area contributed by atoms with E-state index in [1.165, 1.54) is 54.6 Å². The minimum Gasteiger partial charge on any atom is -0.478 e. The van der Waals surface area contributed by atoms with Gasteiger partial charge in [-0.2, -0.15) is 0 Å². The number of halogens is 2. The van der Waals surface area contributed by atoms with Crippen LogP contribution in [0, 0.1) is 0 Å². The molecule has 3 rings (SSSR count). The molecule has 0 spiro atoms. The molecule has 0 fully saturated rings. The molecule has 1 amide bonds. The summed E-state index contributed by atoms with van der Waals surface area (Å²) in [5, 5.41) is 21.1. The minimum absolute atomic E-state index is 0.0745. The first-order chi connectivity index (χ1) is 15.5. The van der Waals surface area contributed by atoms with E-state index in [0.717, 1.165) is 0 Å². The van der Waals surface area contributed by atoms with Crippen molar-refractivity contribution in [3.63, 3.8) is 0 Å². The van der Waals surface area contributed by atoms with Gasteiger partial charge in [0.25, 0.3) is 15.9 Å². The molecular weight excluding hydrogens is 584 g/mol. The lowest BCUT2D eigenvalue weighted by molar-refractivity contribution is 0.0687. The van der Waals surface area contributed by atoms with E-state index in [2.05, 4.69) is 41.9 Å². The Morgan fingerprint density at radius 3 is 1.73 bits per heavy atom. The van der Waals surface area contributed by atoms with Crippen LogP contribution in [0.3, 0.4) is 0 Å². The predicted molar refractivity (Wildman–Crippen MR) is 127 cm³/mol. The third-order valence-electron chi connectivity index (χ3n) is 4.34. The van der Waals surface area contributed by atoms with Gasteiger partial charge in [0.1, 0.15) is 0 Å². The molecule has 0 saturated heterocycles. The topological polar surface area (TPSA) is 150 Å². The van der Waals surface area contributed by atoms with E-state index < -0.39 is 27.9 Å². The zero-order chi connectivity index (χ0) is 24.3. The van der Waals surface area contributed by atoms with Crippen molar-refractivity contribution in [3.05, 3.63) is 86.3 Å². The molecule has 33 heavy (non-hydrogen) atoms.